The number of nitrogens with two attached hydrogens (primary N) is 1. The molecule has 1 unspecified atom stereocenters. The number of carbonyl (C=O) groups excluding carboxylic acids is 2. The Kier molecular flexibility index (Phi) is 8.37. The molecule has 0 fully saturated rings. The monoisotopic (exact) mass is 358 g/mol. The number of nitrogens with one attached hydrogen (secondary N) is 3. The van der Waals surface area contributed by atoms with Gasteiger partial charge in [-0.25, -0.2) is 0 Å². The average Bonchev–Trinajstić information content (AvgIpc) is 2.58. The summed E-state index contributed by atoms with van der Waals surface area (Å²) >= 11 is 0. The van der Waals surface area contributed by atoms with Crippen molar-refractivity contribution < 1.29 is 19.5 Å². The number of hydrogen-bond donors (Lipinski definition) is 5. The number of aliphatic carboxylic acids is 1. The van der Waals surface area contributed by atoms with E-state index in [2.05, 4.69) is 22.5 Å². The van der Waals surface area contributed by atoms with E-state index in [1.165, 1.54) is 0 Å². The Balaban J connectivity index is 2.48. The van der Waals surface area contributed by atoms with E-state index < -0.39 is 17.9 Å². The lowest BCUT2D eigenvalue weighted by Crippen LogP contribution is -2.35. The molecule has 1 rings (SSSR count). The Hall–Kier alpha value is -3.34. The van der Waals surface area contributed by atoms with Crippen molar-refractivity contribution in [1.29, 1.82) is 5.41 Å². The Morgan fingerprint density at radius 3 is 2.35 bits per heavy atom. The van der Waals surface area contributed by atoms with Crippen LogP contribution in [0.5, 0.6) is 0 Å². The summed E-state index contributed by atoms with van der Waals surface area (Å²) in [4.78, 5) is 34.6. The van der Waals surface area contributed by atoms with Gasteiger partial charge >= 0.3 is 5.97 Å². The zero-order valence-electron chi connectivity index (χ0n) is 14.5. The van der Waals surface area contributed by atoms with E-state index in [1.54, 1.807) is 24.3 Å². The van der Waals surface area contributed by atoms with Crippen LogP contribution in [0.25, 0.3) is 0 Å². The third kappa shape index (κ3) is 7.97. The predicted molar refractivity (Wildman–Crippen MR) is 97.6 cm³/mol. The summed E-state index contributed by atoms with van der Waals surface area (Å²) in [6, 6.07) is 5.65. The van der Waals surface area contributed by atoms with Crippen LogP contribution in [0.4, 0.5) is 5.69 Å². The molecular weight excluding hydrogens is 336 g/mol. The molecule has 0 bridgehead atoms. The molecule has 0 saturated carbocycles. The van der Waals surface area contributed by atoms with E-state index in [0.717, 1.165) is 0 Å². The van der Waals surface area contributed by atoms with Crippen LogP contribution >= 0.6 is 0 Å². The lowest BCUT2D eigenvalue weighted by atomic mass is 10.1. The number of hydrogen-bond acceptors (Lipinski definition) is 4. The molecule has 0 aliphatic carbocycles. The van der Waals surface area contributed by atoms with Gasteiger partial charge in [-0.15, -0.1) is 5.92 Å². The Bertz CT molecular complexity index is 732. The summed E-state index contributed by atoms with van der Waals surface area (Å²) < 4.78 is 0. The number of carboxylic acids is 1. The molecule has 0 radical (unpaired) electrons. The molecule has 8 nitrogen and oxygen atoms in total. The first kappa shape index (κ1) is 20.7. The summed E-state index contributed by atoms with van der Waals surface area (Å²) in [7, 11) is 0. The average molecular weight is 358 g/mol. The number of rotatable bonds is 8. The molecule has 6 N–H and O–H groups in total. The lowest BCUT2D eigenvalue weighted by molar-refractivity contribution is -0.137. The van der Waals surface area contributed by atoms with Crippen molar-refractivity contribution in [2.75, 3.05) is 5.32 Å². The summed E-state index contributed by atoms with van der Waals surface area (Å²) in [5.41, 5.74) is 6.42. The van der Waals surface area contributed by atoms with E-state index in [9.17, 15) is 14.4 Å². The smallest absolute Gasteiger partial charge is 0.306 e. The fourth-order valence-corrected chi connectivity index (χ4v) is 1.99. The third-order valence-corrected chi connectivity index (χ3v) is 3.23. The van der Waals surface area contributed by atoms with Crippen molar-refractivity contribution in [3.05, 3.63) is 29.8 Å². The number of nitrogen functional groups attached to an aromatic ring is 1. The maximum Gasteiger partial charge on any atom is 0.306 e. The second-order valence-corrected chi connectivity index (χ2v) is 5.43. The number of amidine groups is 1. The van der Waals surface area contributed by atoms with Crippen LogP contribution in [0.2, 0.25) is 0 Å². The Morgan fingerprint density at radius 2 is 1.81 bits per heavy atom. The zero-order chi connectivity index (χ0) is 19.5. The predicted octanol–water partition coefficient (Wildman–Crippen LogP) is 1.06. The first-order valence-electron chi connectivity index (χ1n) is 8.05. The van der Waals surface area contributed by atoms with Crippen molar-refractivity contribution in [3.63, 3.8) is 0 Å². The molecule has 0 aromatic heterocycles. The second-order valence-electron chi connectivity index (χ2n) is 5.43. The number of carbonyl (C=O) groups is 3. The normalized spacial score (nSPS) is 10.8. The van der Waals surface area contributed by atoms with Gasteiger partial charge in [-0.3, -0.25) is 19.8 Å². The van der Waals surface area contributed by atoms with Crippen molar-refractivity contribution in [3.8, 4) is 11.8 Å². The van der Waals surface area contributed by atoms with Crippen LogP contribution in [-0.4, -0.2) is 34.8 Å². The first-order chi connectivity index (χ1) is 12.3. The van der Waals surface area contributed by atoms with E-state index in [4.69, 9.17) is 16.2 Å². The quantitative estimate of drug-likeness (QED) is 0.268. The molecule has 0 heterocycles. The van der Waals surface area contributed by atoms with Gasteiger partial charge in [-0.05, 0) is 24.3 Å². The van der Waals surface area contributed by atoms with Gasteiger partial charge in [0, 0.05) is 30.5 Å². The van der Waals surface area contributed by atoms with E-state index >= 15 is 0 Å². The topological polar surface area (TPSA) is 145 Å². The van der Waals surface area contributed by atoms with Gasteiger partial charge in [0.1, 0.15) is 11.9 Å². The Labute approximate surface area is 151 Å². The highest BCUT2D eigenvalue weighted by Crippen LogP contribution is 2.10. The molecule has 0 saturated heterocycles. The molecule has 26 heavy (non-hydrogen) atoms. The van der Waals surface area contributed by atoms with Crippen molar-refractivity contribution in [1.82, 2.24) is 5.32 Å². The third-order valence-electron chi connectivity index (χ3n) is 3.23. The van der Waals surface area contributed by atoms with Gasteiger partial charge in [-0.2, -0.15) is 0 Å². The number of benzene rings is 1. The van der Waals surface area contributed by atoms with E-state index in [0.29, 0.717) is 17.7 Å². The van der Waals surface area contributed by atoms with E-state index in [-0.39, 0.29) is 31.0 Å². The molecule has 0 aliphatic rings. The van der Waals surface area contributed by atoms with Crippen molar-refractivity contribution in [2.24, 2.45) is 5.73 Å². The van der Waals surface area contributed by atoms with Crippen LogP contribution in [0.15, 0.2) is 24.3 Å². The highest BCUT2D eigenvalue weighted by atomic mass is 16.4. The van der Waals surface area contributed by atoms with Crippen LogP contribution in [0.3, 0.4) is 0 Å². The van der Waals surface area contributed by atoms with Gasteiger partial charge in [0.2, 0.25) is 11.8 Å². The molecule has 0 aliphatic heterocycles. The summed E-state index contributed by atoms with van der Waals surface area (Å²) in [5, 5.41) is 21.3. The number of carboxylic acid groups (broad SMARTS) is 1. The summed E-state index contributed by atoms with van der Waals surface area (Å²) in [5.74, 6) is 3.49. The SMILES string of the molecule is CCC#CC(CC(=O)O)NC(=O)CCC(=O)Nc1ccc(C(=N)N)cc1. The second kappa shape index (κ2) is 10.5. The largest absolute Gasteiger partial charge is 0.481 e. The number of amides is 2. The summed E-state index contributed by atoms with van der Waals surface area (Å²) in [6.45, 7) is 1.82. The molecule has 1 aromatic carbocycles. The maximum atomic E-state index is 11.9. The van der Waals surface area contributed by atoms with Crippen molar-refractivity contribution >= 4 is 29.3 Å². The fourth-order valence-electron chi connectivity index (χ4n) is 1.99. The van der Waals surface area contributed by atoms with Gasteiger partial charge in [0.15, 0.2) is 0 Å². The van der Waals surface area contributed by atoms with Crippen LogP contribution in [0, 0.1) is 17.3 Å². The Morgan fingerprint density at radius 1 is 1.19 bits per heavy atom. The molecule has 1 atom stereocenters. The minimum absolute atomic E-state index is 0.0543. The van der Waals surface area contributed by atoms with Crippen LogP contribution < -0.4 is 16.4 Å². The van der Waals surface area contributed by atoms with Crippen LogP contribution in [0.1, 0.15) is 38.2 Å². The summed E-state index contributed by atoms with van der Waals surface area (Å²) in [6.07, 6.45) is 0.118. The minimum Gasteiger partial charge on any atom is -0.481 e. The zero-order valence-corrected chi connectivity index (χ0v) is 14.5. The van der Waals surface area contributed by atoms with Gasteiger partial charge < -0.3 is 21.5 Å². The molecule has 2 amide bonds. The molecule has 8 heteroatoms. The highest BCUT2D eigenvalue weighted by molar-refractivity contribution is 5.96. The lowest BCUT2D eigenvalue weighted by Gasteiger charge is -2.11. The molecular formula is C18H22N4O4. The maximum absolute atomic E-state index is 11.9. The fraction of sp³-hybridized carbons (Fsp3) is 0.333. The molecule has 0 spiro atoms. The minimum atomic E-state index is -1.06. The molecule has 1 aromatic rings. The highest BCUT2D eigenvalue weighted by Gasteiger charge is 2.14. The van der Waals surface area contributed by atoms with Gasteiger partial charge in [-0.1, -0.05) is 12.8 Å². The van der Waals surface area contributed by atoms with Gasteiger partial charge in [0.05, 0.1) is 6.42 Å². The van der Waals surface area contributed by atoms with Crippen LogP contribution in [-0.2, 0) is 14.4 Å². The standard InChI is InChI=1S/C18H22N4O4/c1-2-3-4-14(11-17(25)26)22-16(24)10-9-15(23)21-13-7-5-12(6-8-13)18(19)20/h5-8,14H,2,9-11H2,1H3,(H3,19,20)(H,21,23)(H,22,24)(H,25,26). The van der Waals surface area contributed by atoms with E-state index in [1.807, 2.05) is 6.92 Å². The first-order valence-corrected chi connectivity index (χ1v) is 8.05. The van der Waals surface area contributed by atoms with Crippen molar-refractivity contribution in [2.45, 2.75) is 38.6 Å². The van der Waals surface area contributed by atoms with Gasteiger partial charge in [0.25, 0.3) is 0 Å². The number of anilines is 1. The molecule has 138 valence electrons.